The molecule has 0 radical (unpaired) electrons. The molecule has 4 rings (SSSR count). The smallest absolute Gasteiger partial charge is 0.434 e. The molecule has 2 aromatic carbocycles. The maximum Gasteiger partial charge on any atom is 0.513 e. The largest absolute Gasteiger partial charge is 0.513 e. The molecule has 0 unspecified atom stereocenters. The van der Waals surface area contributed by atoms with E-state index in [9.17, 15) is 18.8 Å². The van der Waals surface area contributed by atoms with Gasteiger partial charge in [-0.3, -0.25) is 4.79 Å². The van der Waals surface area contributed by atoms with E-state index in [0.29, 0.717) is 17.0 Å². The summed E-state index contributed by atoms with van der Waals surface area (Å²) in [6, 6.07) is 10.3. The van der Waals surface area contributed by atoms with E-state index < -0.39 is 23.5 Å². The summed E-state index contributed by atoms with van der Waals surface area (Å²) in [5.74, 6) is -0.430. The molecule has 2 heterocycles. The van der Waals surface area contributed by atoms with Crippen molar-refractivity contribution in [2.45, 2.75) is 46.1 Å². The highest BCUT2D eigenvalue weighted by molar-refractivity contribution is 5.97. The topological polar surface area (TPSA) is 110 Å². The Hall–Kier alpha value is -4.34. The van der Waals surface area contributed by atoms with Crippen molar-refractivity contribution in [1.82, 2.24) is 15.2 Å². The summed E-state index contributed by atoms with van der Waals surface area (Å²) in [7, 11) is 0. The number of carbonyl (C=O) groups excluding carboxylic acids is 3. The Morgan fingerprint density at radius 2 is 1.82 bits per heavy atom. The van der Waals surface area contributed by atoms with Gasteiger partial charge in [0.15, 0.2) is 5.76 Å². The Labute approximate surface area is 219 Å². The lowest BCUT2D eigenvalue weighted by Gasteiger charge is -2.29. The zero-order chi connectivity index (χ0) is 27.6. The Balaban J connectivity index is 1.79. The molecule has 38 heavy (non-hydrogen) atoms. The van der Waals surface area contributed by atoms with Gasteiger partial charge in [0.1, 0.15) is 11.6 Å². The van der Waals surface area contributed by atoms with Gasteiger partial charge in [-0.1, -0.05) is 13.8 Å². The SMILES string of the molecule is CCOC(=O)OC1=CN(C(=O)c2ccc(F)cc2)CC(C)(C)c2c1[nH]c1cc(OC(=O)NC(C)C)ccc21. The highest BCUT2D eigenvalue weighted by atomic mass is 19.1. The molecule has 1 aliphatic heterocycles. The van der Waals surface area contributed by atoms with Crippen LogP contribution in [0.3, 0.4) is 0 Å². The number of H-pyrrole nitrogens is 1. The maximum atomic E-state index is 13.5. The second kappa shape index (κ2) is 10.6. The highest BCUT2D eigenvalue weighted by Crippen LogP contribution is 2.41. The van der Waals surface area contributed by atoms with Crippen LogP contribution in [0, 0.1) is 5.82 Å². The van der Waals surface area contributed by atoms with E-state index in [1.807, 2.05) is 33.8 Å². The first-order valence-corrected chi connectivity index (χ1v) is 12.3. The summed E-state index contributed by atoms with van der Waals surface area (Å²) >= 11 is 0. The molecular weight excluding hydrogens is 493 g/mol. The van der Waals surface area contributed by atoms with Crippen LogP contribution in [0.1, 0.15) is 56.2 Å². The van der Waals surface area contributed by atoms with Crippen molar-refractivity contribution in [3.8, 4) is 5.75 Å². The fraction of sp³-hybridized carbons (Fsp3) is 0.321. The van der Waals surface area contributed by atoms with Gasteiger partial charge in [-0.05, 0) is 62.7 Å². The summed E-state index contributed by atoms with van der Waals surface area (Å²) in [6.45, 7) is 9.58. The fourth-order valence-corrected chi connectivity index (χ4v) is 4.46. The molecule has 3 aromatic rings. The Bertz CT molecular complexity index is 1410. The molecule has 0 fully saturated rings. The molecule has 0 spiro atoms. The molecule has 9 nitrogen and oxygen atoms in total. The lowest BCUT2D eigenvalue weighted by Crippen LogP contribution is -2.36. The number of hydrogen-bond acceptors (Lipinski definition) is 6. The van der Waals surface area contributed by atoms with Gasteiger partial charge in [0.25, 0.3) is 5.91 Å². The van der Waals surface area contributed by atoms with Crippen molar-refractivity contribution in [3.05, 3.63) is 71.3 Å². The van der Waals surface area contributed by atoms with Crippen LogP contribution in [0.15, 0.2) is 48.7 Å². The van der Waals surface area contributed by atoms with Gasteiger partial charge in [0.2, 0.25) is 0 Å². The Kier molecular flexibility index (Phi) is 7.43. The van der Waals surface area contributed by atoms with Gasteiger partial charge < -0.3 is 29.4 Å². The van der Waals surface area contributed by atoms with E-state index in [1.165, 1.54) is 35.4 Å². The standard InChI is InChI=1S/C28H30FN3O6/c1-6-36-27(35)38-22-14-32(25(33)17-7-9-18(29)10-8-17)15-28(4,5)23-20-12-11-19(13-21(20)31-24(22)23)37-26(34)30-16(2)3/h7-14,16,31H,6,15H2,1-5H3,(H,30,34). The van der Waals surface area contributed by atoms with Crippen LogP contribution in [-0.2, 0) is 14.9 Å². The van der Waals surface area contributed by atoms with Crippen LogP contribution < -0.4 is 10.1 Å². The number of nitrogens with zero attached hydrogens (tertiary/aromatic N) is 1. The van der Waals surface area contributed by atoms with E-state index in [2.05, 4.69) is 10.3 Å². The summed E-state index contributed by atoms with van der Waals surface area (Å²) in [4.78, 5) is 42.5. The molecule has 0 aliphatic carbocycles. The van der Waals surface area contributed by atoms with Crippen molar-refractivity contribution in [3.63, 3.8) is 0 Å². The summed E-state index contributed by atoms with van der Waals surface area (Å²) in [5, 5.41) is 3.47. The normalized spacial score (nSPS) is 14.4. The van der Waals surface area contributed by atoms with Crippen LogP contribution in [0.5, 0.6) is 5.75 Å². The number of amides is 2. The molecule has 1 aromatic heterocycles. The minimum absolute atomic E-state index is 0.0794. The minimum Gasteiger partial charge on any atom is -0.434 e. The Morgan fingerprint density at radius 1 is 1.11 bits per heavy atom. The molecule has 0 saturated carbocycles. The van der Waals surface area contributed by atoms with Gasteiger partial charge in [0.05, 0.1) is 18.5 Å². The van der Waals surface area contributed by atoms with Crippen molar-refractivity contribution >= 4 is 34.8 Å². The first kappa shape index (κ1) is 26.7. The molecule has 0 atom stereocenters. The van der Waals surface area contributed by atoms with E-state index in [-0.39, 0.29) is 36.4 Å². The summed E-state index contributed by atoms with van der Waals surface area (Å²) < 4.78 is 29.4. The molecular formula is C28H30FN3O6. The molecule has 0 saturated heterocycles. The maximum absolute atomic E-state index is 13.5. The first-order valence-electron chi connectivity index (χ1n) is 12.3. The van der Waals surface area contributed by atoms with Crippen LogP contribution in [0.25, 0.3) is 16.7 Å². The summed E-state index contributed by atoms with van der Waals surface area (Å²) in [5.41, 5.74) is 1.59. The molecule has 10 heteroatoms. The molecule has 200 valence electrons. The van der Waals surface area contributed by atoms with Crippen LogP contribution in [-0.4, -0.2) is 47.2 Å². The van der Waals surface area contributed by atoms with E-state index >= 15 is 0 Å². The predicted molar refractivity (Wildman–Crippen MR) is 139 cm³/mol. The van der Waals surface area contributed by atoms with E-state index in [4.69, 9.17) is 14.2 Å². The van der Waals surface area contributed by atoms with Gasteiger partial charge in [0, 0.05) is 40.5 Å². The number of carbonyl (C=O) groups is 3. The second-order valence-corrected chi connectivity index (χ2v) is 9.87. The number of benzene rings is 2. The lowest BCUT2D eigenvalue weighted by atomic mass is 9.82. The van der Waals surface area contributed by atoms with Crippen LogP contribution >= 0.6 is 0 Å². The van der Waals surface area contributed by atoms with Crippen molar-refractivity contribution < 1.29 is 33.0 Å². The zero-order valence-electron chi connectivity index (χ0n) is 21.9. The number of hydrogen-bond donors (Lipinski definition) is 2. The monoisotopic (exact) mass is 523 g/mol. The number of fused-ring (bicyclic) bond motifs is 3. The van der Waals surface area contributed by atoms with Gasteiger partial charge in [-0.2, -0.15) is 0 Å². The number of aromatic nitrogens is 1. The minimum atomic E-state index is -0.924. The average Bonchev–Trinajstić information content (AvgIpc) is 3.18. The third-order valence-electron chi connectivity index (χ3n) is 5.96. The zero-order valence-corrected chi connectivity index (χ0v) is 21.9. The van der Waals surface area contributed by atoms with Crippen molar-refractivity contribution in [1.29, 1.82) is 0 Å². The van der Waals surface area contributed by atoms with E-state index in [1.54, 1.807) is 19.1 Å². The number of halogens is 1. The number of nitrogens with one attached hydrogen (secondary N) is 2. The first-order chi connectivity index (χ1) is 18.0. The number of rotatable bonds is 5. The molecule has 2 N–H and O–H groups in total. The quantitative estimate of drug-likeness (QED) is 0.415. The highest BCUT2D eigenvalue weighted by Gasteiger charge is 2.37. The average molecular weight is 524 g/mol. The summed E-state index contributed by atoms with van der Waals surface area (Å²) in [6.07, 6.45) is -0.0559. The van der Waals surface area contributed by atoms with Crippen LogP contribution in [0.4, 0.5) is 14.0 Å². The molecule has 1 aliphatic rings. The Morgan fingerprint density at radius 3 is 2.47 bits per heavy atom. The van der Waals surface area contributed by atoms with Gasteiger partial charge >= 0.3 is 12.2 Å². The number of ether oxygens (including phenoxy) is 3. The van der Waals surface area contributed by atoms with E-state index in [0.717, 1.165) is 10.9 Å². The third-order valence-corrected chi connectivity index (χ3v) is 5.96. The second-order valence-electron chi connectivity index (χ2n) is 9.87. The van der Waals surface area contributed by atoms with Crippen LogP contribution in [0.2, 0.25) is 0 Å². The third kappa shape index (κ3) is 5.64. The predicted octanol–water partition coefficient (Wildman–Crippen LogP) is 5.71. The molecule has 2 amide bonds. The van der Waals surface area contributed by atoms with Gasteiger partial charge in [-0.15, -0.1) is 0 Å². The van der Waals surface area contributed by atoms with Crippen molar-refractivity contribution in [2.24, 2.45) is 0 Å². The molecule has 0 bridgehead atoms. The van der Waals surface area contributed by atoms with Gasteiger partial charge in [-0.25, -0.2) is 14.0 Å². The number of aromatic amines is 1. The van der Waals surface area contributed by atoms with Crippen molar-refractivity contribution in [2.75, 3.05) is 13.2 Å². The fourth-order valence-electron chi connectivity index (χ4n) is 4.46. The lowest BCUT2D eigenvalue weighted by molar-refractivity contribution is 0.0788.